The van der Waals surface area contributed by atoms with Crippen LogP contribution >= 0.6 is 0 Å². The van der Waals surface area contributed by atoms with E-state index in [0.29, 0.717) is 17.0 Å². The van der Waals surface area contributed by atoms with E-state index in [9.17, 15) is 24.5 Å². The summed E-state index contributed by atoms with van der Waals surface area (Å²) in [5.74, 6) is -1.77. The van der Waals surface area contributed by atoms with Crippen molar-refractivity contribution in [1.82, 2.24) is 0 Å². The fourth-order valence-electron chi connectivity index (χ4n) is 3.29. The number of nitrogens with one attached hydrogen (secondary N) is 1. The molecule has 1 heterocycles. The minimum absolute atomic E-state index is 0.0390. The van der Waals surface area contributed by atoms with Gasteiger partial charge in [-0.25, -0.2) is 0 Å². The summed E-state index contributed by atoms with van der Waals surface area (Å²) >= 11 is 0. The van der Waals surface area contributed by atoms with Crippen molar-refractivity contribution in [2.45, 2.75) is 13.3 Å². The number of carbonyl (C=O) groups is 3. The quantitative estimate of drug-likeness (QED) is 0.408. The largest absolute Gasteiger partial charge is 0.495 e. The van der Waals surface area contributed by atoms with Crippen molar-refractivity contribution in [3.63, 3.8) is 0 Å². The monoisotopic (exact) mass is 427 g/mol. The Hall–Kier alpha value is -3.95. The average molecular weight is 427 g/mol. The van der Waals surface area contributed by atoms with Crippen LogP contribution in [0.4, 0.5) is 17.1 Å². The lowest BCUT2D eigenvalue weighted by molar-refractivity contribution is -0.385. The fourth-order valence-corrected chi connectivity index (χ4v) is 3.29. The molecular formula is C21H21N3O7. The molecule has 0 spiro atoms. The third-order valence-corrected chi connectivity index (χ3v) is 4.87. The number of aryl methyl sites for hydroxylation is 1. The number of nitro groups is 1. The lowest BCUT2D eigenvalue weighted by atomic mass is 10.1. The van der Waals surface area contributed by atoms with Gasteiger partial charge in [-0.3, -0.25) is 24.5 Å². The number of hydrogen-bond donors (Lipinski definition) is 1. The number of amides is 2. The summed E-state index contributed by atoms with van der Waals surface area (Å²) in [6, 6.07) is 11.2. The summed E-state index contributed by atoms with van der Waals surface area (Å²) in [4.78, 5) is 48.7. The molecule has 162 valence electrons. The maximum atomic E-state index is 12.4. The highest BCUT2D eigenvalue weighted by molar-refractivity contribution is 6.01. The number of para-hydroxylation sites is 2. The van der Waals surface area contributed by atoms with E-state index >= 15 is 0 Å². The number of rotatable bonds is 7. The van der Waals surface area contributed by atoms with Gasteiger partial charge in [0.1, 0.15) is 5.75 Å². The van der Waals surface area contributed by atoms with E-state index in [0.717, 1.165) is 0 Å². The Morgan fingerprint density at radius 3 is 2.71 bits per heavy atom. The second-order valence-corrected chi connectivity index (χ2v) is 6.99. The molecule has 1 saturated heterocycles. The SMILES string of the molecule is COc1ccccc1N1C[C@H](C(=O)OCC(=O)Nc2ccc(C)c([N+](=O)[O-])c2)CC1=O. The zero-order valence-electron chi connectivity index (χ0n) is 17.0. The highest BCUT2D eigenvalue weighted by atomic mass is 16.6. The molecule has 0 saturated carbocycles. The van der Waals surface area contributed by atoms with Crippen LogP contribution in [0.3, 0.4) is 0 Å². The normalized spacial score (nSPS) is 15.5. The van der Waals surface area contributed by atoms with Crippen LogP contribution in [0.2, 0.25) is 0 Å². The second kappa shape index (κ2) is 9.24. The highest BCUT2D eigenvalue weighted by Crippen LogP contribution is 2.33. The van der Waals surface area contributed by atoms with Crippen molar-refractivity contribution in [1.29, 1.82) is 0 Å². The summed E-state index contributed by atoms with van der Waals surface area (Å²) in [7, 11) is 1.49. The zero-order chi connectivity index (χ0) is 22.5. The number of methoxy groups -OCH3 is 1. The number of carbonyl (C=O) groups excluding carboxylic acids is 3. The highest BCUT2D eigenvalue weighted by Gasteiger charge is 2.37. The molecule has 0 unspecified atom stereocenters. The number of nitrogens with zero attached hydrogens (tertiary/aromatic N) is 2. The molecule has 1 aliphatic heterocycles. The number of esters is 1. The molecule has 2 aromatic carbocycles. The van der Waals surface area contributed by atoms with Crippen LogP contribution in [0, 0.1) is 23.0 Å². The third-order valence-electron chi connectivity index (χ3n) is 4.87. The fraction of sp³-hybridized carbons (Fsp3) is 0.286. The smallest absolute Gasteiger partial charge is 0.311 e. The molecule has 3 rings (SSSR count). The Kier molecular flexibility index (Phi) is 6.49. The maximum absolute atomic E-state index is 12.4. The molecule has 0 bridgehead atoms. The molecule has 1 fully saturated rings. The molecule has 31 heavy (non-hydrogen) atoms. The first-order valence-corrected chi connectivity index (χ1v) is 9.45. The van der Waals surface area contributed by atoms with Crippen molar-refractivity contribution in [2.24, 2.45) is 5.92 Å². The van der Waals surface area contributed by atoms with Crippen LogP contribution in [0.25, 0.3) is 0 Å². The number of anilines is 2. The van der Waals surface area contributed by atoms with Gasteiger partial charge in [0.25, 0.3) is 11.6 Å². The number of hydrogen-bond acceptors (Lipinski definition) is 7. The summed E-state index contributed by atoms with van der Waals surface area (Å²) in [5.41, 5.74) is 1.11. The van der Waals surface area contributed by atoms with E-state index in [1.807, 2.05) is 0 Å². The predicted octanol–water partition coefficient (Wildman–Crippen LogP) is 2.45. The molecule has 10 heteroatoms. The lowest BCUT2D eigenvalue weighted by Crippen LogP contribution is -2.28. The first-order valence-electron chi connectivity index (χ1n) is 9.45. The van der Waals surface area contributed by atoms with Crippen LogP contribution in [0.1, 0.15) is 12.0 Å². The van der Waals surface area contributed by atoms with E-state index in [4.69, 9.17) is 9.47 Å². The van der Waals surface area contributed by atoms with E-state index < -0.39 is 29.3 Å². The predicted molar refractivity (Wildman–Crippen MR) is 111 cm³/mol. The van der Waals surface area contributed by atoms with Crippen LogP contribution in [-0.4, -0.2) is 43.0 Å². The second-order valence-electron chi connectivity index (χ2n) is 6.99. The molecule has 1 aliphatic rings. The topological polar surface area (TPSA) is 128 Å². The molecule has 1 atom stereocenters. The van der Waals surface area contributed by atoms with Crippen LogP contribution in [0.15, 0.2) is 42.5 Å². The van der Waals surface area contributed by atoms with Crippen LogP contribution < -0.4 is 15.0 Å². The maximum Gasteiger partial charge on any atom is 0.311 e. The van der Waals surface area contributed by atoms with Gasteiger partial charge in [0.05, 0.1) is 23.6 Å². The van der Waals surface area contributed by atoms with Gasteiger partial charge in [-0.05, 0) is 25.1 Å². The van der Waals surface area contributed by atoms with Crippen molar-refractivity contribution in [3.8, 4) is 5.75 Å². The van der Waals surface area contributed by atoms with E-state index in [1.165, 1.54) is 30.2 Å². The van der Waals surface area contributed by atoms with Crippen molar-refractivity contribution >= 4 is 34.8 Å². The van der Waals surface area contributed by atoms with Gasteiger partial charge in [0.15, 0.2) is 6.61 Å². The molecule has 2 amide bonds. The molecule has 0 aliphatic carbocycles. The molecule has 2 aromatic rings. The number of ether oxygens (including phenoxy) is 2. The molecule has 10 nitrogen and oxygen atoms in total. The van der Waals surface area contributed by atoms with Crippen molar-refractivity contribution < 1.29 is 28.8 Å². The van der Waals surface area contributed by atoms with Gasteiger partial charge < -0.3 is 19.7 Å². The Morgan fingerprint density at radius 2 is 2.00 bits per heavy atom. The first kappa shape index (κ1) is 21.8. The van der Waals surface area contributed by atoms with Crippen LogP contribution in [-0.2, 0) is 19.1 Å². The average Bonchev–Trinajstić information content (AvgIpc) is 3.14. The molecule has 1 N–H and O–H groups in total. The van der Waals surface area contributed by atoms with Gasteiger partial charge >= 0.3 is 5.97 Å². The first-order chi connectivity index (χ1) is 14.8. The van der Waals surface area contributed by atoms with Gasteiger partial charge in [0, 0.05) is 30.3 Å². The van der Waals surface area contributed by atoms with E-state index in [1.54, 1.807) is 31.2 Å². The number of benzene rings is 2. The van der Waals surface area contributed by atoms with Crippen molar-refractivity contribution in [2.75, 3.05) is 30.5 Å². The van der Waals surface area contributed by atoms with Crippen LogP contribution in [0.5, 0.6) is 5.75 Å². The van der Waals surface area contributed by atoms with E-state index in [-0.39, 0.29) is 30.2 Å². The minimum atomic E-state index is -0.717. The van der Waals surface area contributed by atoms with Crippen molar-refractivity contribution in [3.05, 3.63) is 58.1 Å². The Labute approximate surface area is 177 Å². The van der Waals surface area contributed by atoms with Gasteiger partial charge in [0.2, 0.25) is 5.91 Å². The standard InChI is InChI=1S/C21H21N3O7/c1-13-7-8-15(10-17(13)24(28)29)22-19(25)12-31-21(27)14-9-20(26)23(11-14)16-5-3-4-6-18(16)30-2/h3-8,10,14H,9,11-12H2,1-2H3,(H,22,25)/t14-/m1/s1. The summed E-state index contributed by atoms with van der Waals surface area (Å²) in [6.07, 6.45) is -0.0390. The van der Waals surface area contributed by atoms with Gasteiger partial charge in [-0.15, -0.1) is 0 Å². The minimum Gasteiger partial charge on any atom is -0.495 e. The van der Waals surface area contributed by atoms with E-state index in [2.05, 4.69) is 5.32 Å². The molecular weight excluding hydrogens is 406 g/mol. The lowest BCUT2D eigenvalue weighted by Gasteiger charge is -2.19. The third kappa shape index (κ3) is 4.97. The zero-order valence-corrected chi connectivity index (χ0v) is 17.0. The Morgan fingerprint density at radius 1 is 1.26 bits per heavy atom. The summed E-state index contributed by atoms with van der Waals surface area (Å²) < 4.78 is 10.3. The van der Waals surface area contributed by atoms with Gasteiger partial charge in [-0.2, -0.15) is 0 Å². The summed E-state index contributed by atoms with van der Waals surface area (Å²) in [5, 5.41) is 13.5. The Balaban J connectivity index is 1.56. The number of nitro benzene ring substituents is 1. The summed E-state index contributed by atoms with van der Waals surface area (Å²) in [6.45, 7) is 1.13. The Bertz CT molecular complexity index is 1040. The van der Waals surface area contributed by atoms with Gasteiger partial charge in [-0.1, -0.05) is 18.2 Å². The molecule has 0 radical (unpaired) electrons. The molecule has 0 aromatic heterocycles.